The Balaban J connectivity index is 2.10. The highest BCUT2D eigenvalue weighted by atomic mass is 35.5. The second-order valence-electron chi connectivity index (χ2n) is 6.58. The number of anilines is 1. The van der Waals surface area contributed by atoms with Crippen molar-refractivity contribution in [3.05, 3.63) is 64.7 Å². The van der Waals surface area contributed by atoms with Gasteiger partial charge >= 0.3 is 6.18 Å². The lowest BCUT2D eigenvalue weighted by molar-refractivity contribution is -0.137. The lowest BCUT2D eigenvalue weighted by Crippen LogP contribution is -2.37. The minimum atomic E-state index is -4.60. The molecule has 0 unspecified atom stereocenters. The number of methoxy groups -OCH3 is 1. The molecule has 2 aromatic rings. The summed E-state index contributed by atoms with van der Waals surface area (Å²) in [5.74, 6) is -0.446. The van der Waals surface area contributed by atoms with Crippen molar-refractivity contribution in [2.24, 2.45) is 0 Å². The minimum Gasteiger partial charge on any atom is -0.495 e. The fourth-order valence-corrected chi connectivity index (χ4v) is 3.01. The summed E-state index contributed by atoms with van der Waals surface area (Å²) in [5, 5.41) is 2.27. The number of para-hydroxylation sites is 2. The molecule has 0 spiro atoms. The minimum absolute atomic E-state index is 0.167. The number of nitrogens with zero attached hydrogens (tertiary/aromatic N) is 1. The number of carbonyl (C=O) groups excluding carboxylic acids is 2. The predicted octanol–water partition coefficient (Wildman–Crippen LogP) is 5.26. The van der Waals surface area contributed by atoms with Gasteiger partial charge in [-0.1, -0.05) is 36.7 Å². The van der Waals surface area contributed by atoms with E-state index in [0.717, 1.165) is 18.2 Å². The summed E-state index contributed by atoms with van der Waals surface area (Å²) in [5.41, 5.74) is -0.347. The second kappa shape index (κ2) is 10.9. The Morgan fingerprint density at radius 2 is 1.90 bits per heavy atom. The van der Waals surface area contributed by atoms with Crippen LogP contribution in [0.15, 0.2) is 48.5 Å². The van der Waals surface area contributed by atoms with Gasteiger partial charge in [0.05, 0.1) is 23.4 Å². The monoisotopic (exact) mass is 454 g/mol. The Hall–Kier alpha value is -3.00. The first kappa shape index (κ1) is 24.3. The van der Waals surface area contributed by atoms with Crippen molar-refractivity contribution in [2.75, 3.05) is 25.5 Å². The van der Waals surface area contributed by atoms with Gasteiger partial charge in [0.15, 0.2) is 0 Å². The predicted molar refractivity (Wildman–Crippen MR) is 114 cm³/mol. The SMILES string of the molecule is CCCN(CC(=O)Nc1ccccc1OC)C(=O)C=Cc1ccc(Cl)c(C(F)(F)F)c1. The number of carbonyl (C=O) groups is 2. The summed E-state index contributed by atoms with van der Waals surface area (Å²) in [6.07, 6.45) is -1.61. The number of benzene rings is 2. The van der Waals surface area contributed by atoms with Gasteiger partial charge in [0.2, 0.25) is 11.8 Å². The van der Waals surface area contributed by atoms with Crippen LogP contribution >= 0.6 is 11.6 Å². The second-order valence-corrected chi connectivity index (χ2v) is 6.99. The molecule has 0 bridgehead atoms. The maximum Gasteiger partial charge on any atom is 0.417 e. The van der Waals surface area contributed by atoms with Crippen LogP contribution in [0.25, 0.3) is 6.08 Å². The third kappa shape index (κ3) is 7.03. The highest BCUT2D eigenvalue weighted by molar-refractivity contribution is 6.31. The van der Waals surface area contributed by atoms with E-state index in [2.05, 4.69) is 5.32 Å². The molecular weight excluding hydrogens is 433 g/mol. The zero-order valence-electron chi connectivity index (χ0n) is 17.0. The number of halogens is 4. The molecule has 2 aromatic carbocycles. The van der Waals surface area contributed by atoms with Crippen molar-refractivity contribution in [1.29, 1.82) is 0 Å². The molecule has 31 heavy (non-hydrogen) atoms. The van der Waals surface area contributed by atoms with E-state index in [1.807, 2.05) is 6.92 Å². The first-order valence-corrected chi connectivity index (χ1v) is 9.80. The van der Waals surface area contributed by atoms with Crippen LogP contribution in [-0.4, -0.2) is 36.9 Å². The highest BCUT2D eigenvalue weighted by Gasteiger charge is 2.33. The number of hydrogen-bond acceptors (Lipinski definition) is 3. The van der Waals surface area contributed by atoms with Crippen LogP contribution in [-0.2, 0) is 15.8 Å². The summed E-state index contributed by atoms with van der Waals surface area (Å²) in [4.78, 5) is 26.3. The Morgan fingerprint density at radius 1 is 1.19 bits per heavy atom. The van der Waals surface area contributed by atoms with Gasteiger partial charge in [0.25, 0.3) is 0 Å². The van der Waals surface area contributed by atoms with Gasteiger partial charge in [0, 0.05) is 12.6 Å². The smallest absolute Gasteiger partial charge is 0.417 e. The molecule has 0 saturated heterocycles. The van der Waals surface area contributed by atoms with E-state index in [9.17, 15) is 22.8 Å². The van der Waals surface area contributed by atoms with Gasteiger partial charge in [-0.25, -0.2) is 0 Å². The fraction of sp³-hybridized carbons (Fsp3) is 0.273. The van der Waals surface area contributed by atoms with Gasteiger partial charge in [-0.2, -0.15) is 13.2 Å². The molecule has 0 saturated carbocycles. The summed E-state index contributed by atoms with van der Waals surface area (Å²) in [6.45, 7) is 1.93. The molecule has 0 atom stereocenters. The van der Waals surface area contributed by atoms with Crippen LogP contribution in [0.5, 0.6) is 5.75 Å². The van der Waals surface area contributed by atoms with Crippen LogP contribution in [0.1, 0.15) is 24.5 Å². The molecule has 0 radical (unpaired) electrons. The number of alkyl halides is 3. The van der Waals surface area contributed by atoms with E-state index in [4.69, 9.17) is 16.3 Å². The third-order valence-electron chi connectivity index (χ3n) is 4.23. The van der Waals surface area contributed by atoms with E-state index < -0.39 is 28.6 Å². The molecule has 5 nitrogen and oxygen atoms in total. The molecule has 0 heterocycles. The zero-order chi connectivity index (χ0) is 23.0. The number of hydrogen-bond donors (Lipinski definition) is 1. The van der Waals surface area contributed by atoms with Gasteiger partial charge < -0.3 is 15.0 Å². The van der Waals surface area contributed by atoms with Crippen LogP contribution in [0.4, 0.5) is 18.9 Å². The van der Waals surface area contributed by atoms with Crippen LogP contribution in [0.2, 0.25) is 5.02 Å². The van der Waals surface area contributed by atoms with Crippen molar-refractivity contribution in [2.45, 2.75) is 19.5 Å². The Bertz CT molecular complexity index is 961. The largest absolute Gasteiger partial charge is 0.495 e. The lowest BCUT2D eigenvalue weighted by Gasteiger charge is -2.20. The van der Waals surface area contributed by atoms with E-state index in [1.54, 1.807) is 24.3 Å². The third-order valence-corrected chi connectivity index (χ3v) is 4.56. The molecule has 1 N–H and O–H groups in total. The summed E-state index contributed by atoms with van der Waals surface area (Å²) >= 11 is 5.61. The fourth-order valence-electron chi connectivity index (χ4n) is 2.78. The van der Waals surface area contributed by atoms with E-state index in [0.29, 0.717) is 24.4 Å². The molecule has 0 fully saturated rings. The van der Waals surface area contributed by atoms with Crippen molar-refractivity contribution in [3.63, 3.8) is 0 Å². The van der Waals surface area contributed by atoms with Crippen LogP contribution < -0.4 is 10.1 Å². The molecular formula is C22H22ClF3N2O3. The van der Waals surface area contributed by atoms with E-state index >= 15 is 0 Å². The van der Waals surface area contributed by atoms with Gasteiger partial charge in [-0.05, 0) is 42.3 Å². The molecule has 2 amide bonds. The van der Waals surface area contributed by atoms with E-state index in [1.165, 1.54) is 24.2 Å². The highest BCUT2D eigenvalue weighted by Crippen LogP contribution is 2.35. The maximum atomic E-state index is 13.0. The van der Waals surface area contributed by atoms with Gasteiger partial charge in [-0.15, -0.1) is 0 Å². The molecule has 9 heteroatoms. The van der Waals surface area contributed by atoms with Gasteiger partial charge in [0.1, 0.15) is 12.3 Å². The first-order valence-electron chi connectivity index (χ1n) is 9.42. The van der Waals surface area contributed by atoms with Crippen molar-refractivity contribution in [1.82, 2.24) is 4.90 Å². The van der Waals surface area contributed by atoms with Crippen molar-refractivity contribution >= 4 is 35.2 Å². The average Bonchev–Trinajstić information content (AvgIpc) is 2.72. The van der Waals surface area contributed by atoms with Gasteiger partial charge in [-0.3, -0.25) is 9.59 Å². The number of rotatable bonds is 8. The first-order chi connectivity index (χ1) is 14.7. The molecule has 0 aliphatic carbocycles. The number of nitrogens with one attached hydrogen (secondary N) is 1. The Labute approximate surface area is 183 Å². The lowest BCUT2D eigenvalue weighted by atomic mass is 10.1. The molecule has 0 aliphatic heterocycles. The van der Waals surface area contributed by atoms with Crippen molar-refractivity contribution < 1.29 is 27.5 Å². The average molecular weight is 455 g/mol. The quantitative estimate of drug-likeness (QED) is 0.554. The van der Waals surface area contributed by atoms with E-state index in [-0.39, 0.29) is 12.1 Å². The maximum absolute atomic E-state index is 13.0. The standard InChI is InChI=1S/C22H22ClF3N2O3/c1-3-12-28(14-20(29)27-18-6-4-5-7-19(18)31-2)21(30)11-9-15-8-10-17(23)16(13-15)22(24,25)26/h4-11,13H,3,12,14H2,1-2H3,(H,27,29). The molecule has 166 valence electrons. The van der Waals surface area contributed by atoms with Crippen LogP contribution in [0, 0.1) is 0 Å². The van der Waals surface area contributed by atoms with Crippen molar-refractivity contribution in [3.8, 4) is 5.75 Å². The Kier molecular flexibility index (Phi) is 8.50. The molecule has 0 aromatic heterocycles. The summed E-state index contributed by atoms with van der Waals surface area (Å²) in [7, 11) is 1.48. The topological polar surface area (TPSA) is 58.6 Å². The number of ether oxygens (including phenoxy) is 1. The molecule has 0 aliphatic rings. The number of amides is 2. The Morgan fingerprint density at radius 3 is 2.55 bits per heavy atom. The van der Waals surface area contributed by atoms with Crippen LogP contribution in [0.3, 0.4) is 0 Å². The summed E-state index contributed by atoms with van der Waals surface area (Å²) in [6, 6.07) is 10.2. The molecule has 2 rings (SSSR count). The normalized spacial score (nSPS) is 11.4. The zero-order valence-corrected chi connectivity index (χ0v) is 17.8. The summed E-state index contributed by atoms with van der Waals surface area (Å²) < 4.78 is 44.2.